The first-order valence-corrected chi connectivity index (χ1v) is 11.1. The fourth-order valence-corrected chi connectivity index (χ4v) is 5.28. The van der Waals surface area contributed by atoms with Crippen LogP contribution in [0.5, 0.6) is 5.75 Å². The van der Waals surface area contributed by atoms with E-state index in [1.54, 1.807) is 0 Å². The van der Waals surface area contributed by atoms with Crippen molar-refractivity contribution in [3.05, 3.63) is 53.5 Å². The number of unbranched alkanes of at least 4 members (excludes halogenated alkanes) is 1. The molecule has 2 aromatic heterocycles. The van der Waals surface area contributed by atoms with Gasteiger partial charge in [-0.3, -0.25) is 4.90 Å². The topological polar surface area (TPSA) is 48.1 Å². The molecule has 0 bridgehead atoms. The Labute approximate surface area is 178 Å². The van der Waals surface area contributed by atoms with Crippen molar-refractivity contribution in [1.29, 1.82) is 0 Å². The first kappa shape index (κ1) is 19.4. The molecule has 1 aromatic carbocycles. The molecule has 5 rings (SSSR count). The normalized spacial score (nSPS) is 20.8. The third-order valence-corrected chi connectivity index (χ3v) is 6.96. The second-order valence-electron chi connectivity index (χ2n) is 8.76. The number of nitrogens with zero attached hydrogens (tertiary/aromatic N) is 5. The minimum Gasteiger partial charge on any atom is -0.492 e. The Balaban J connectivity index is 1.17. The number of ether oxygens (including phenoxy) is 1. The summed E-state index contributed by atoms with van der Waals surface area (Å²) in [6.45, 7) is 5.35. The summed E-state index contributed by atoms with van der Waals surface area (Å²) in [5, 5.41) is 8.87. The van der Waals surface area contributed by atoms with E-state index in [4.69, 9.17) is 4.74 Å². The van der Waals surface area contributed by atoms with Crippen molar-refractivity contribution in [3.63, 3.8) is 0 Å². The average Bonchev–Trinajstić information content (AvgIpc) is 3.44. The van der Waals surface area contributed by atoms with Crippen LogP contribution < -0.4 is 4.74 Å². The van der Waals surface area contributed by atoms with Crippen molar-refractivity contribution in [2.75, 3.05) is 19.7 Å². The van der Waals surface area contributed by atoms with E-state index >= 15 is 0 Å². The van der Waals surface area contributed by atoms with Gasteiger partial charge in [0.05, 0.1) is 11.7 Å². The molecule has 0 spiro atoms. The third-order valence-electron chi connectivity index (χ3n) is 6.96. The Hall–Kier alpha value is -2.60. The van der Waals surface area contributed by atoms with E-state index < -0.39 is 0 Å². The van der Waals surface area contributed by atoms with E-state index in [-0.39, 0.29) is 0 Å². The van der Waals surface area contributed by atoms with Gasteiger partial charge < -0.3 is 13.9 Å². The molecule has 1 fully saturated rings. The molecule has 30 heavy (non-hydrogen) atoms. The van der Waals surface area contributed by atoms with Crippen LogP contribution in [0.15, 0.2) is 36.5 Å². The molecule has 6 heteroatoms. The summed E-state index contributed by atoms with van der Waals surface area (Å²) in [6, 6.07) is 11.1. The summed E-state index contributed by atoms with van der Waals surface area (Å²) in [7, 11) is 4.11. The standard InChI is InChI=1S/C24H31N5O/c1-17-8-6-10-21-23(17)18-12-15-29(20(18)16-30-21)14-5-4-11-22-25-26-24(28(22)3)19-9-7-13-27(19)2/h6-10,13,18,20H,4-5,11-12,14-16H2,1-3H3. The van der Waals surface area contributed by atoms with Gasteiger partial charge in [0.2, 0.25) is 0 Å². The molecular weight excluding hydrogens is 374 g/mol. The first-order chi connectivity index (χ1) is 14.6. The molecular formula is C24H31N5O. The number of hydrogen-bond donors (Lipinski definition) is 0. The Morgan fingerprint density at radius 3 is 2.83 bits per heavy atom. The Morgan fingerprint density at radius 2 is 2.00 bits per heavy atom. The lowest BCUT2D eigenvalue weighted by atomic mass is 9.86. The van der Waals surface area contributed by atoms with E-state index in [1.165, 1.54) is 30.5 Å². The molecule has 0 N–H and O–H groups in total. The van der Waals surface area contributed by atoms with Crippen molar-refractivity contribution in [2.45, 2.75) is 44.6 Å². The molecule has 2 aliphatic rings. The van der Waals surface area contributed by atoms with Crippen LogP contribution in [0.3, 0.4) is 0 Å². The van der Waals surface area contributed by atoms with Gasteiger partial charge in [-0.25, -0.2) is 0 Å². The number of likely N-dealkylation sites (tertiary alicyclic amines) is 1. The van der Waals surface area contributed by atoms with Gasteiger partial charge in [0.25, 0.3) is 0 Å². The molecule has 2 unspecified atom stereocenters. The van der Waals surface area contributed by atoms with Crippen LogP contribution in [0.25, 0.3) is 11.5 Å². The van der Waals surface area contributed by atoms with Crippen molar-refractivity contribution >= 4 is 0 Å². The fraction of sp³-hybridized carbons (Fsp3) is 0.500. The summed E-state index contributed by atoms with van der Waals surface area (Å²) < 4.78 is 10.3. The second-order valence-corrected chi connectivity index (χ2v) is 8.76. The zero-order valence-electron chi connectivity index (χ0n) is 18.2. The summed E-state index contributed by atoms with van der Waals surface area (Å²) in [5.41, 5.74) is 3.93. The Bertz CT molecular complexity index is 1040. The molecule has 6 nitrogen and oxygen atoms in total. The van der Waals surface area contributed by atoms with Crippen LogP contribution >= 0.6 is 0 Å². The van der Waals surface area contributed by atoms with E-state index in [2.05, 4.69) is 62.5 Å². The lowest BCUT2D eigenvalue weighted by molar-refractivity contribution is 0.145. The molecule has 0 aliphatic carbocycles. The summed E-state index contributed by atoms with van der Waals surface area (Å²) in [4.78, 5) is 2.64. The molecule has 2 aliphatic heterocycles. The summed E-state index contributed by atoms with van der Waals surface area (Å²) in [5.74, 6) is 3.74. The molecule has 2 atom stereocenters. The Kier molecular flexibility index (Phi) is 5.11. The zero-order chi connectivity index (χ0) is 20.7. The van der Waals surface area contributed by atoms with E-state index in [0.717, 1.165) is 49.1 Å². The van der Waals surface area contributed by atoms with Gasteiger partial charge in [-0.2, -0.15) is 0 Å². The highest BCUT2D eigenvalue weighted by Gasteiger charge is 2.40. The highest BCUT2D eigenvalue weighted by molar-refractivity contribution is 5.50. The van der Waals surface area contributed by atoms with Crippen LogP contribution in [-0.2, 0) is 20.5 Å². The predicted molar refractivity (Wildman–Crippen MR) is 118 cm³/mol. The SMILES string of the molecule is Cc1cccc2c1C1CCN(CCCCc3nnc(-c4cccn4C)n3C)C1CO2. The van der Waals surface area contributed by atoms with E-state index in [1.807, 2.05) is 19.3 Å². The van der Waals surface area contributed by atoms with Gasteiger partial charge >= 0.3 is 0 Å². The fourth-order valence-electron chi connectivity index (χ4n) is 5.28. The van der Waals surface area contributed by atoms with Crippen LogP contribution in [0.4, 0.5) is 0 Å². The predicted octanol–water partition coefficient (Wildman–Crippen LogP) is 3.70. The minimum absolute atomic E-state index is 0.525. The highest BCUT2D eigenvalue weighted by Crippen LogP contribution is 2.43. The lowest BCUT2D eigenvalue weighted by Crippen LogP contribution is -2.40. The zero-order valence-corrected chi connectivity index (χ0v) is 18.2. The smallest absolute Gasteiger partial charge is 0.180 e. The number of aromatic nitrogens is 4. The number of hydrogen-bond acceptors (Lipinski definition) is 4. The monoisotopic (exact) mass is 405 g/mol. The first-order valence-electron chi connectivity index (χ1n) is 11.1. The molecule has 1 saturated heterocycles. The van der Waals surface area contributed by atoms with Crippen LogP contribution in [0, 0.1) is 6.92 Å². The molecule has 0 saturated carbocycles. The van der Waals surface area contributed by atoms with Crippen molar-refractivity contribution in [2.24, 2.45) is 14.1 Å². The van der Waals surface area contributed by atoms with Gasteiger partial charge in [-0.15, -0.1) is 10.2 Å². The molecule has 3 aromatic rings. The maximum absolute atomic E-state index is 6.12. The number of aryl methyl sites for hydroxylation is 3. The summed E-state index contributed by atoms with van der Waals surface area (Å²) >= 11 is 0. The Morgan fingerprint density at radius 1 is 1.10 bits per heavy atom. The minimum atomic E-state index is 0.525. The van der Waals surface area contributed by atoms with Crippen LogP contribution in [-0.4, -0.2) is 50.0 Å². The molecule has 158 valence electrons. The number of benzene rings is 1. The van der Waals surface area contributed by atoms with E-state index in [9.17, 15) is 0 Å². The van der Waals surface area contributed by atoms with Crippen LogP contribution in [0.1, 0.15) is 42.1 Å². The highest BCUT2D eigenvalue weighted by atomic mass is 16.5. The number of fused-ring (bicyclic) bond motifs is 3. The van der Waals surface area contributed by atoms with E-state index in [0.29, 0.717) is 12.0 Å². The average molecular weight is 406 g/mol. The molecule has 0 radical (unpaired) electrons. The van der Waals surface area contributed by atoms with Crippen molar-refractivity contribution in [3.8, 4) is 17.3 Å². The quantitative estimate of drug-likeness (QED) is 0.587. The number of rotatable bonds is 6. The van der Waals surface area contributed by atoms with Gasteiger partial charge in [0, 0.05) is 38.2 Å². The maximum Gasteiger partial charge on any atom is 0.180 e. The van der Waals surface area contributed by atoms with Crippen molar-refractivity contribution in [1.82, 2.24) is 24.2 Å². The van der Waals surface area contributed by atoms with Gasteiger partial charge in [0.15, 0.2) is 5.82 Å². The largest absolute Gasteiger partial charge is 0.492 e. The summed E-state index contributed by atoms with van der Waals surface area (Å²) in [6.07, 6.45) is 6.56. The molecule has 4 heterocycles. The third kappa shape index (κ3) is 3.33. The maximum atomic E-state index is 6.12. The van der Waals surface area contributed by atoms with Gasteiger partial charge in [0.1, 0.15) is 18.2 Å². The van der Waals surface area contributed by atoms with Crippen molar-refractivity contribution < 1.29 is 4.74 Å². The van der Waals surface area contributed by atoms with Crippen LogP contribution in [0.2, 0.25) is 0 Å². The molecule has 0 amide bonds. The van der Waals surface area contributed by atoms with Gasteiger partial charge in [-0.05, 0) is 63.0 Å². The second kappa shape index (κ2) is 7.91. The lowest BCUT2D eigenvalue weighted by Gasteiger charge is -2.34. The van der Waals surface area contributed by atoms with Gasteiger partial charge in [-0.1, -0.05) is 12.1 Å².